The first kappa shape index (κ1) is 15.3. The number of rotatable bonds is 7. The molecule has 1 aliphatic heterocycles. The molecular formula is C12H23N3O2S. The first-order chi connectivity index (χ1) is 8.72. The number of thioether (sulfide) groups is 1. The Balaban J connectivity index is 2.04. The van der Waals surface area contributed by atoms with Gasteiger partial charge in [-0.2, -0.15) is 11.8 Å². The molecule has 5 nitrogen and oxygen atoms in total. The van der Waals surface area contributed by atoms with Crippen LogP contribution in [-0.4, -0.2) is 49.0 Å². The van der Waals surface area contributed by atoms with Crippen molar-refractivity contribution < 1.29 is 9.59 Å². The van der Waals surface area contributed by atoms with Crippen LogP contribution in [0.15, 0.2) is 0 Å². The molecule has 3 N–H and O–H groups in total. The second-order valence-electron chi connectivity index (χ2n) is 4.38. The van der Waals surface area contributed by atoms with E-state index in [2.05, 4.69) is 16.0 Å². The monoisotopic (exact) mass is 273 g/mol. The number of hydrogen-bond acceptors (Lipinski definition) is 4. The van der Waals surface area contributed by atoms with Gasteiger partial charge in [0, 0.05) is 50.0 Å². The lowest BCUT2D eigenvalue weighted by Crippen LogP contribution is -2.41. The molecule has 0 bridgehead atoms. The maximum Gasteiger partial charge on any atom is 0.221 e. The van der Waals surface area contributed by atoms with Crippen molar-refractivity contribution in [3.05, 3.63) is 0 Å². The Labute approximate surface area is 113 Å². The molecule has 18 heavy (non-hydrogen) atoms. The van der Waals surface area contributed by atoms with Crippen molar-refractivity contribution >= 4 is 23.6 Å². The van der Waals surface area contributed by atoms with E-state index in [1.54, 1.807) is 0 Å². The van der Waals surface area contributed by atoms with Gasteiger partial charge < -0.3 is 16.0 Å². The summed E-state index contributed by atoms with van der Waals surface area (Å²) in [5.41, 5.74) is 0. The smallest absolute Gasteiger partial charge is 0.221 e. The van der Waals surface area contributed by atoms with E-state index < -0.39 is 0 Å². The average molecular weight is 273 g/mol. The van der Waals surface area contributed by atoms with Gasteiger partial charge >= 0.3 is 0 Å². The fraction of sp³-hybridized carbons (Fsp3) is 0.833. The van der Waals surface area contributed by atoms with Gasteiger partial charge in [0.2, 0.25) is 11.8 Å². The molecule has 0 aromatic rings. The molecular weight excluding hydrogens is 250 g/mol. The Bertz CT molecular complexity index is 268. The second kappa shape index (κ2) is 9.22. The molecule has 0 aliphatic carbocycles. The van der Waals surface area contributed by atoms with E-state index in [4.69, 9.17) is 0 Å². The Morgan fingerprint density at radius 2 is 2.06 bits per heavy atom. The normalized spacial score (nSPS) is 19.3. The number of amides is 2. The van der Waals surface area contributed by atoms with Crippen molar-refractivity contribution in [2.75, 3.05) is 31.1 Å². The first-order valence-corrected chi connectivity index (χ1v) is 7.72. The van der Waals surface area contributed by atoms with E-state index in [0.29, 0.717) is 25.9 Å². The fourth-order valence-electron chi connectivity index (χ4n) is 1.72. The minimum atomic E-state index is 0.00324. The zero-order valence-corrected chi connectivity index (χ0v) is 11.8. The van der Waals surface area contributed by atoms with Crippen LogP contribution >= 0.6 is 11.8 Å². The second-order valence-corrected chi connectivity index (χ2v) is 5.53. The Morgan fingerprint density at radius 1 is 1.28 bits per heavy atom. The van der Waals surface area contributed by atoms with Crippen LogP contribution in [0.5, 0.6) is 0 Å². The van der Waals surface area contributed by atoms with E-state index in [-0.39, 0.29) is 17.9 Å². The van der Waals surface area contributed by atoms with Crippen molar-refractivity contribution in [3.63, 3.8) is 0 Å². The van der Waals surface area contributed by atoms with Crippen molar-refractivity contribution in [1.82, 2.24) is 16.0 Å². The molecule has 0 aromatic heterocycles. The summed E-state index contributed by atoms with van der Waals surface area (Å²) in [6.45, 7) is 4.11. The molecule has 0 aromatic carbocycles. The van der Waals surface area contributed by atoms with Gasteiger partial charge in [-0.1, -0.05) is 6.92 Å². The minimum Gasteiger partial charge on any atom is -0.356 e. The van der Waals surface area contributed by atoms with Crippen molar-refractivity contribution in [3.8, 4) is 0 Å². The SMILES string of the molecule is CCCNC(=O)CCNC(=O)CC1CSCCN1. The Morgan fingerprint density at radius 3 is 2.72 bits per heavy atom. The van der Waals surface area contributed by atoms with E-state index >= 15 is 0 Å². The topological polar surface area (TPSA) is 70.2 Å². The quantitative estimate of drug-likeness (QED) is 0.616. The van der Waals surface area contributed by atoms with Crippen molar-refractivity contribution in [2.24, 2.45) is 0 Å². The van der Waals surface area contributed by atoms with Gasteiger partial charge in [-0.05, 0) is 6.42 Å². The molecule has 0 radical (unpaired) electrons. The molecule has 1 aliphatic rings. The van der Waals surface area contributed by atoms with Crippen LogP contribution in [-0.2, 0) is 9.59 Å². The summed E-state index contributed by atoms with van der Waals surface area (Å²) in [5.74, 6) is 2.14. The van der Waals surface area contributed by atoms with Gasteiger partial charge in [-0.3, -0.25) is 9.59 Å². The summed E-state index contributed by atoms with van der Waals surface area (Å²) in [5, 5.41) is 8.89. The van der Waals surface area contributed by atoms with Crippen LogP contribution in [0.4, 0.5) is 0 Å². The minimum absolute atomic E-state index is 0.00324. The van der Waals surface area contributed by atoms with E-state index in [1.807, 2.05) is 18.7 Å². The third-order valence-corrected chi connectivity index (χ3v) is 3.81. The van der Waals surface area contributed by atoms with Crippen LogP contribution < -0.4 is 16.0 Å². The maximum atomic E-state index is 11.6. The number of hydrogen-bond donors (Lipinski definition) is 3. The Kier molecular flexibility index (Phi) is 7.84. The molecule has 1 atom stereocenters. The van der Waals surface area contributed by atoms with Crippen molar-refractivity contribution in [1.29, 1.82) is 0 Å². The van der Waals surface area contributed by atoms with Crippen LogP contribution in [0.2, 0.25) is 0 Å². The van der Waals surface area contributed by atoms with E-state index in [9.17, 15) is 9.59 Å². The average Bonchev–Trinajstić information content (AvgIpc) is 2.37. The zero-order chi connectivity index (χ0) is 13.2. The van der Waals surface area contributed by atoms with Gasteiger partial charge in [-0.15, -0.1) is 0 Å². The van der Waals surface area contributed by atoms with Crippen LogP contribution in [0.1, 0.15) is 26.2 Å². The molecule has 104 valence electrons. The molecule has 0 saturated carbocycles. The maximum absolute atomic E-state index is 11.6. The summed E-state index contributed by atoms with van der Waals surface area (Å²) >= 11 is 1.88. The van der Waals surface area contributed by atoms with Gasteiger partial charge in [0.05, 0.1) is 0 Å². The lowest BCUT2D eigenvalue weighted by atomic mass is 10.2. The highest BCUT2D eigenvalue weighted by molar-refractivity contribution is 7.99. The summed E-state index contributed by atoms with van der Waals surface area (Å²) < 4.78 is 0. The number of carbonyl (C=O) groups excluding carboxylic acids is 2. The molecule has 6 heteroatoms. The summed E-state index contributed by atoms with van der Waals surface area (Å²) in [6.07, 6.45) is 1.80. The molecule has 1 saturated heterocycles. The number of nitrogens with one attached hydrogen (secondary N) is 3. The highest BCUT2D eigenvalue weighted by atomic mass is 32.2. The lowest BCUT2D eigenvalue weighted by Gasteiger charge is -2.22. The van der Waals surface area contributed by atoms with Crippen molar-refractivity contribution in [2.45, 2.75) is 32.2 Å². The van der Waals surface area contributed by atoms with Crippen LogP contribution in [0.25, 0.3) is 0 Å². The molecule has 1 unspecified atom stereocenters. The molecule has 1 rings (SSSR count). The summed E-state index contributed by atoms with van der Waals surface area (Å²) in [6, 6.07) is 0.276. The highest BCUT2D eigenvalue weighted by Crippen LogP contribution is 2.09. The van der Waals surface area contributed by atoms with Gasteiger partial charge in [0.15, 0.2) is 0 Å². The Hall–Kier alpha value is -0.750. The fourth-order valence-corrected chi connectivity index (χ4v) is 2.66. The predicted octanol–water partition coefficient (Wildman–Crippen LogP) is 0.114. The molecule has 2 amide bonds. The standard InChI is InChI=1S/C12H23N3O2S/c1-2-4-14-11(16)3-5-15-12(17)8-10-9-18-7-6-13-10/h10,13H,2-9H2,1H3,(H,14,16)(H,15,17). The lowest BCUT2D eigenvalue weighted by molar-refractivity contribution is -0.122. The summed E-state index contributed by atoms with van der Waals surface area (Å²) in [4.78, 5) is 22.9. The van der Waals surface area contributed by atoms with E-state index in [1.165, 1.54) is 0 Å². The van der Waals surface area contributed by atoms with Gasteiger partial charge in [0.1, 0.15) is 0 Å². The van der Waals surface area contributed by atoms with E-state index in [0.717, 1.165) is 24.5 Å². The third-order valence-electron chi connectivity index (χ3n) is 2.68. The molecule has 0 spiro atoms. The zero-order valence-electron chi connectivity index (χ0n) is 11.0. The highest BCUT2D eigenvalue weighted by Gasteiger charge is 2.16. The van der Waals surface area contributed by atoms with Crippen LogP contribution in [0.3, 0.4) is 0 Å². The van der Waals surface area contributed by atoms with Gasteiger partial charge in [-0.25, -0.2) is 0 Å². The number of carbonyl (C=O) groups is 2. The van der Waals surface area contributed by atoms with Crippen LogP contribution in [0, 0.1) is 0 Å². The predicted molar refractivity (Wildman–Crippen MR) is 74.7 cm³/mol. The first-order valence-electron chi connectivity index (χ1n) is 6.57. The van der Waals surface area contributed by atoms with Gasteiger partial charge in [0.25, 0.3) is 0 Å². The largest absolute Gasteiger partial charge is 0.356 e. The summed E-state index contributed by atoms with van der Waals surface area (Å²) in [7, 11) is 0. The third kappa shape index (κ3) is 6.86. The molecule has 1 heterocycles. The molecule has 1 fully saturated rings.